The molecule has 2 rings (SSSR count). The van der Waals surface area contributed by atoms with Crippen LogP contribution in [0.3, 0.4) is 0 Å². The highest BCUT2D eigenvalue weighted by Gasteiger charge is 2.24. The third kappa shape index (κ3) is 3.78. The summed E-state index contributed by atoms with van der Waals surface area (Å²) in [4.78, 5) is 17.1. The van der Waals surface area contributed by atoms with Crippen molar-refractivity contribution in [1.82, 2.24) is 9.80 Å². The average Bonchev–Trinajstić information content (AvgIpc) is 2.65. The predicted octanol–water partition coefficient (Wildman–Crippen LogP) is 2.06. The Morgan fingerprint density at radius 3 is 2.79 bits per heavy atom. The molecule has 106 valence electrons. The first kappa shape index (κ1) is 15.0. The minimum Gasteiger partial charge on any atom is -0.342 e. The molecule has 2 N–H and O–H groups in total. The lowest BCUT2D eigenvalue weighted by molar-refractivity contribution is -0.128. The second-order valence-electron chi connectivity index (χ2n) is 4.79. The molecule has 6 heteroatoms. The van der Waals surface area contributed by atoms with E-state index in [1.165, 1.54) is 4.88 Å². The van der Waals surface area contributed by atoms with E-state index in [4.69, 9.17) is 5.73 Å². The first-order valence-electron chi connectivity index (χ1n) is 6.56. The molecule has 1 aliphatic rings. The van der Waals surface area contributed by atoms with Gasteiger partial charge in [0.25, 0.3) is 0 Å². The van der Waals surface area contributed by atoms with Gasteiger partial charge in [-0.2, -0.15) is 0 Å². The van der Waals surface area contributed by atoms with Gasteiger partial charge in [0, 0.05) is 44.5 Å². The van der Waals surface area contributed by atoms with Gasteiger partial charge in [-0.15, -0.1) is 11.3 Å². The van der Waals surface area contributed by atoms with Gasteiger partial charge >= 0.3 is 0 Å². The van der Waals surface area contributed by atoms with Crippen LogP contribution in [0.15, 0.2) is 15.9 Å². The molecule has 4 nitrogen and oxygen atoms in total. The molecule has 1 aromatic heterocycles. The van der Waals surface area contributed by atoms with E-state index in [0.717, 1.165) is 36.4 Å². The fraction of sp³-hybridized carbons (Fsp3) is 0.615. The summed E-state index contributed by atoms with van der Waals surface area (Å²) >= 11 is 5.25. The summed E-state index contributed by atoms with van der Waals surface area (Å²) in [6.45, 7) is 5.83. The second kappa shape index (κ2) is 6.83. The van der Waals surface area contributed by atoms with Crippen molar-refractivity contribution in [2.45, 2.75) is 19.4 Å². The number of carbonyl (C=O) groups is 1. The van der Waals surface area contributed by atoms with Gasteiger partial charge in [0.05, 0.1) is 9.83 Å². The number of rotatable bonds is 3. The summed E-state index contributed by atoms with van der Waals surface area (Å²) < 4.78 is 1.14. The number of amides is 1. The smallest absolute Gasteiger partial charge is 0.219 e. The minimum atomic E-state index is 0.171. The Balaban J connectivity index is 2.05. The van der Waals surface area contributed by atoms with Gasteiger partial charge in [-0.1, -0.05) is 0 Å². The first-order valence-corrected chi connectivity index (χ1v) is 8.17. The van der Waals surface area contributed by atoms with Crippen LogP contribution >= 0.6 is 27.3 Å². The van der Waals surface area contributed by atoms with Crippen LogP contribution in [0.2, 0.25) is 0 Å². The molecule has 0 aromatic carbocycles. The van der Waals surface area contributed by atoms with Crippen LogP contribution in [0.4, 0.5) is 0 Å². The van der Waals surface area contributed by atoms with Crippen LogP contribution in [0.25, 0.3) is 0 Å². The molecule has 1 unspecified atom stereocenters. The number of hydrogen-bond acceptors (Lipinski definition) is 4. The highest BCUT2D eigenvalue weighted by molar-refractivity contribution is 9.11. The molecule has 0 saturated carbocycles. The zero-order valence-electron chi connectivity index (χ0n) is 11.1. The van der Waals surface area contributed by atoms with E-state index in [1.807, 2.05) is 4.90 Å². The van der Waals surface area contributed by atoms with Gasteiger partial charge in [0.15, 0.2) is 0 Å². The standard InChI is InChI=1S/C13H20BrN3OS/c1-10(18)16-5-2-6-17(8-7-16)11(9-15)12-3-4-13(14)19-12/h3-4,11H,2,5-9,15H2,1H3. The highest BCUT2D eigenvalue weighted by Crippen LogP contribution is 2.30. The Morgan fingerprint density at radius 1 is 1.42 bits per heavy atom. The van der Waals surface area contributed by atoms with Crippen molar-refractivity contribution >= 4 is 33.2 Å². The van der Waals surface area contributed by atoms with E-state index < -0.39 is 0 Å². The monoisotopic (exact) mass is 345 g/mol. The van der Waals surface area contributed by atoms with Crippen molar-refractivity contribution in [3.8, 4) is 0 Å². The number of carbonyl (C=O) groups excluding carboxylic acids is 1. The molecule has 0 bridgehead atoms. The molecular formula is C13H20BrN3OS. The third-order valence-electron chi connectivity index (χ3n) is 3.56. The summed E-state index contributed by atoms with van der Waals surface area (Å²) in [5.41, 5.74) is 5.96. The maximum absolute atomic E-state index is 11.4. The van der Waals surface area contributed by atoms with Gasteiger partial charge in [-0.25, -0.2) is 0 Å². The molecule has 1 amide bonds. The normalized spacial score (nSPS) is 19.2. The molecule has 1 aliphatic heterocycles. The molecule has 0 spiro atoms. The first-order chi connectivity index (χ1) is 9.11. The van der Waals surface area contributed by atoms with Crippen molar-refractivity contribution in [2.24, 2.45) is 5.73 Å². The average molecular weight is 346 g/mol. The maximum atomic E-state index is 11.4. The molecular weight excluding hydrogens is 326 g/mol. The molecule has 19 heavy (non-hydrogen) atoms. The van der Waals surface area contributed by atoms with E-state index in [2.05, 4.69) is 33.0 Å². The topological polar surface area (TPSA) is 49.6 Å². The van der Waals surface area contributed by atoms with Gasteiger partial charge in [0.2, 0.25) is 5.91 Å². The lowest BCUT2D eigenvalue weighted by Gasteiger charge is -2.28. The summed E-state index contributed by atoms with van der Waals surface area (Å²) in [7, 11) is 0. The summed E-state index contributed by atoms with van der Waals surface area (Å²) in [6.07, 6.45) is 1.02. The van der Waals surface area contributed by atoms with Crippen molar-refractivity contribution in [2.75, 3.05) is 32.7 Å². The van der Waals surface area contributed by atoms with E-state index in [9.17, 15) is 4.79 Å². The molecule has 0 aliphatic carbocycles. The highest BCUT2D eigenvalue weighted by atomic mass is 79.9. The molecule has 1 fully saturated rings. The quantitative estimate of drug-likeness (QED) is 0.912. The fourth-order valence-electron chi connectivity index (χ4n) is 2.52. The van der Waals surface area contributed by atoms with Crippen LogP contribution in [-0.2, 0) is 4.79 Å². The predicted molar refractivity (Wildman–Crippen MR) is 82.3 cm³/mol. The lowest BCUT2D eigenvalue weighted by Crippen LogP contribution is -2.37. The van der Waals surface area contributed by atoms with E-state index in [-0.39, 0.29) is 11.9 Å². The maximum Gasteiger partial charge on any atom is 0.219 e. The van der Waals surface area contributed by atoms with E-state index in [0.29, 0.717) is 6.54 Å². The summed E-state index contributed by atoms with van der Waals surface area (Å²) in [5.74, 6) is 0.171. The van der Waals surface area contributed by atoms with Gasteiger partial charge in [0.1, 0.15) is 0 Å². The minimum absolute atomic E-state index is 0.171. The Morgan fingerprint density at radius 2 is 2.21 bits per heavy atom. The largest absolute Gasteiger partial charge is 0.342 e. The Bertz CT molecular complexity index is 437. The van der Waals surface area contributed by atoms with Gasteiger partial charge < -0.3 is 10.6 Å². The lowest BCUT2D eigenvalue weighted by atomic mass is 10.2. The number of halogens is 1. The Hall–Kier alpha value is -0.430. The summed E-state index contributed by atoms with van der Waals surface area (Å²) in [6, 6.07) is 4.48. The molecule has 1 saturated heterocycles. The van der Waals surface area contributed by atoms with Crippen LogP contribution in [0, 0.1) is 0 Å². The van der Waals surface area contributed by atoms with Crippen molar-refractivity contribution in [3.63, 3.8) is 0 Å². The zero-order valence-corrected chi connectivity index (χ0v) is 13.5. The van der Waals surface area contributed by atoms with E-state index >= 15 is 0 Å². The Kier molecular flexibility index (Phi) is 5.38. The molecule has 0 radical (unpaired) electrons. The third-order valence-corrected chi connectivity index (χ3v) is 5.29. The van der Waals surface area contributed by atoms with Crippen LogP contribution in [0.5, 0.6) is 0 Å². The number of hydrogen-bond donors (Lipinski definition) is 1. The Labute approximate surface area is 126 Å². The van der Waals surface area contributed by atoms with Crippen molar-refractivity contribution in [3.05, 3.63) is 20.8 Å². The van der Waals surface area contributed by atoms with Crippen molar-refractivity contribution < 1.29 is 4.79 Å². The number of nitrogens with two attached hydrogens (primary N) is 1. The number of thiophene rings is 1. The molecule has 1 atom stereocenters. The van der Waals surface area contributed by atoms with Gasteiger partial charge in [-0.05, 0) is 34.5 Å². The molecule has 2 heterocycles. The summed E-state index contributed by atoms with van der Waals surface area (Å²) in [5, 5.41) is 0. The van der Waals surface area contributed by atoms with Crippen LogP contribution in [0.1, 0.15) is 24.3 Å². The molecule has 1 aromatic rings. The van der Waals surface area contributed by atoms with Crippen LogP contribution < -0.4 is 5.73 Å². The zero-order chi connectivity index (χ0) is 13.8. The van der Waals surface area contributed by atoms with E-state index in [1.54, 1.807) is 18.3 Å². The second-order valence-corrected chi connectivity index (χ2v) is 7.28. The SMILES string of the molecule is CC(=O)N1CCCN(C(CN)c2ccc(Br)s2)CC1. The van der Waals surface area contributed by atoms with Crippen molar-refractivity contribution in [1.29, 1.82) is 0 Å². The van der Waals surface area contributed by atoms with Gasteiger partial charge in [-0.3, -0.25) is 9.69 Å². The fourth-order valence-corrected chi connectivity index (χ4v) is 4.09. The van der Waals surface area contributed by atoms with Crippen LogP contribution in [-0.4, -0.2) is 48.4 Å². The number of nitrogens with zero attached hydrogens (tertiary/aromatic N) is 2.